The molecule has 5 heteroatoms. The van der Waals surface area contributed by atoms with Crippen LogP contribution < -0.4 is 26.2 Å². The Hall–Kier alpha value is -10.6. The van der Waals surface area contributed by atoms with Crippen LogP contribution in [0.5, 0.6) is 0 Å². The van der Waals surface area contributed by atoms with Crippen molar-refractivity contribution in [1.82, 2.24) is 9.13 Å². The highest BCUT2D eigenvalue weighted by Gasteiger charge is 2.46. The maximum absolute atomic E-state index is 2.67. The summed E-state index contributed by atoms with van der Waals surface area (Å²) in [6, 6.07) is 101. The molecule has 0 fully saturated rings. The second-order valence-electron chi connectivity index (χ2n) is 26.9. The third-order valence-electron chi connectivity index (χ3n) is 19.3. The standard InChI is InChI=1S/C86H71BN4/c1-9-10-29-56(2)68-50-60(85(3,4)5)51-69(57-30-14-11-15-31-57)83(68)90-78-44-28-45-79-82(78)87(72-48-46-62(54-80(72)90)88-74-40-24-20-36-64(74)65-37-21-25-41-75(65)88)73-49-47-63(89-76-42-26-22-38-66(76)67-39-23-27-43-77(67)89)55-81(73)91(79)84-70(58-32-16-12-17-33-58)52-61(86(6,7)8)53-71(84)59-34-18-13-19-35-59/h9-55H,1-8H3/b10-9-,56-29+. The van der Waals surface area contributed by atoms with E-state index in [-0.39, 0.29) is 17.5 Å². The maximum atomic E-state index is 2.67. The summed E-state index contributed by atoms with van der Waals surface area (Å²) in [5.41, 5.74) is 29.2. The quantitative estimate of drug-likeness (QED) is 0.106. The van der Waals surface area contributed by atoms with Gasteiger partial charge in [0, 0.05) is 77.9 Å². The molecule has 0 aliphatic carbocycles. The van der Waals surface area contributed by atoms with Gasteiger partial charge in [-0.3, -0.25) is 0 Å². The van der Waals surface area contributed by atoms with Gasteiger partial charge in [-0.25, -0.2) is 0 Å². The molecule has 91 heavy (non-hydrogen) atoms. The molecule has 0 unspecified atom stereocenters. The van der Waals surface area contributed by atoms with E-state index in [0.29, 0.717) is 0 Å². The molecule has 438 valence electrons. The minimum Gasteiger partial charge on any atom is -0.310 e. The van der Waals surface area contributed by atoms with Gasteiger partial charge in [0.2, 0.25) is 0 Å². The Morgan fingerprint density at radius 2 is 0.725 bits per heavy atom. The Balaban J connectivity index is 1.08. The van der Waals surface area contributed by atoms with E-state index in [1.165, 1.54) is 105 Å². The van der Waals surface area contributed by atoms with Crippen LogP contribution in [0.4, 0.5) is 34.1 Å². The third-order valence-corrected chi connectivity index (χ3v) is 19.3. The number of rotatable bonds is 9. The van der Waals surface area contributed by atoms with E-state index in [2.05, 4.69) is 359 Å². The Morgan fingerprint density at radius 1 is 0.363 bits per heavy atom. The summed E-state index contributed by atoms with van der Waals surface area (Å²) in [5.74, 6) is 0. The molecule has 12 aromatic carbocycles. The molecular formula is C86H71BN4. The summed E-state index contributed by atoms with van der Waals surface area (Å²) >= 11 is 0. The van der Waals surface area contributed by atoms with E-state index in [1.807, 2.05) is 0 Å². The first kappa shape index (κ1) is 55.7. The van der Waals surface area contributed by atoms with Gasteiger partial charge in [-0.2, -0.15) is 0 Å². The first-order chi connectivity index (χ1) is 44.3. The van der Waals surface area contributed by atoms with E-state index in [0.717, 1.165) is 56.6 Å². The number of hydrogen-bond acceptors (Lipinski definition) is 2. The third kappa shape index (κ3) is 9.03. The lowest BCUT2D eigenvalue weighted by Crippen LogP contribution is -2.61. The Labute approximate surface area is 535 Å². The number of anilines is 6. The highest BCUT2D eigenvalue weighted by atomic mass is 15.2. The first-order valence-electron chi connectivity index (χ1n) is 32.2. The predicted molar refractivity (Wildman–Crippen MR) is 391 cm³/mol. The number of nitrogens with zero attached hydrogens (tertiary/aromatic N) is 4. The van der Waals surface area contributed by atoms with Crippen molar-refractivity contribution in [3.8, 4) is 44.8 Å². The van der Waals surface area contributed by atoms with Crippen molar-refractivity contribution in [2.75, 3.05) is 9.80 Å². The molecule has 0 bridgehead atoms. The van der Waals surface area contributed by atoms with Crippen LogP contribution in [0, 0.1) is 0 Å². The van der Waals surface area contributed by atoms with Crippen LogP contribution in [0.3, 0.4) is 0 Å². The highest BCUT2D eigenvalue weighted by molar-refractivity contribution is 7.00. The van der Waals surface area contributed by atoms with Crippen LogP contribution in [0.2, 0.25) is 0 Å². The molecule has 0 saturated heterocycles. The minimum absolute atomic E-state index is 0.157. The molecule has 14 aromatic rings. The first-order valence-corrected chi connectivity index (χ1v) is 32.2. The number of benzene rings is 12. The smallest absolute Gasteiger partial charge is 0.252 e. The van der Waals surface area contributed by atoms with Gasteiger partial charge >= 0.3 is 0 Å². The molecule has 4 nitrogen and oxygen atoms in total. The van der Waals surface area contributed by atoms with Crippen molar-refractivity contribution in [3.05, 3.63) is 302 Å². The molecule has 0 atom stereocenters. The summed E-state index contributed by atoms with van der Waals surface area (Å²) in [4.78, 5) is 5.35. The van der Waals surface area contributed by atoms with E-state index in [4.69, 9.17) is 0 Å². The molecule has 0 radical (unpaired) electrons. The van der Waals surface area contributed by atoms with Gasteiger partial charge in [0.15, 0.2) is 0 Å². The van der Waals surface area contributed by atoms with Gasteiger partial charge in [0.25, 0.3) is 6.71 Å². The topological polar surface area (TPSA) is 16.3 Å². The van der Waals surface area contributed by atoms with E-state index < -0.39 is 0 Å². The number of fused-ring (bicyclic) bond motifs is 10. The predicted octanol–water partition coefficient (Wildman–Crippen LogP) is 21.5. The molecule has 0 amide bonds. The number of hydrogen-bond donors (Lipinski definition) is 0. The Morgan fingerprint density at radius 3 is 1.12 bits per heavy atom. The van der Waals surface area contributed by atoms with Crippen LogP contribution >= 0.6 is 0 Å². The van der Waals surface area contributed by atoms with Gasteiger partial charge in [-0.15, -0.1) is 0 Å². The molecule has 0 saturated carbocycles. The largest absolute Gasteiger partial charge is 0.310 e. The van der Waals surface area contributed by atoms with Crippen molar-refractivity contribution < 1.29 is 0 Å². The number of allylic oxidation sites excluding steroid dienone is 4. The second-order valence-corrected chi connectivity index (χ2v) is 26.9. The van der Waals surface area contributed by atoms with Crippen LogP contribution in [0.25, 0.3) is 93.9 Å². The minimum atomic E-state index is -0.186. The zero-order valence-corrected chi connectivity index (χ0v) is 53.0. The summed E-state index contributed by atoms with van der Waals surface area (Å²) in [6.45, 7) is 18.3. The lowest BCUT2D eigenvalue weighted by atomic mass is 9.33. The van der Waals surface area contributed by atoms with Gasteiger partial charge < -0.3 is 18.9 Å². The van der Waals surface area contributed by atoms with Crippen molar-refractivity contribution >= 4 is 106 Å². The average molecular weight is 1170 g/mol. The molecule has 2 aliphatic heterocycles. The van der Waals surface area contributed by atoms with Crippen LogP contribution in [-0.2, 0) is 10.8 Å². The van der Waals surface area contributed by atoms with Gasteiger partial charge in [0.05, 0.1) is 33.4 Å². The second kappa shape index (κ2) is 21.6. The zero-order chi connectivity index (χ0) is 61.9. The van der Waals surface area contributed by atoms with Gasteiger partial charge in [-0.1, -0.05) is 242 Å². The molecule has 4 heterocycles. The van der Waals surface area contributed by atoms with Crippen molar-refractivity contribution in [2.24, 2.45) is 0 Å². The highest BCUT2D eigenvalue weighted by Crippen LogP contribution is 2.54. The van der Waals surface area contributed by atoms with Gasteiger partial charge in [-0.05, 0) is 159 Å². The van der Waals surface area contributed by atoms with Crippen molar-refractivity contribution in [1.29, 1.82) is 0 Å². The summed E-state index contributed by atoms with van der Waals surface area (Å²) in [7, 11) is 0. The van der Waals surface area contributed by atoms with E-state index in [9.17, 15) is 0 Å². The average Bonchev–Trinajstić information content (AvgIpc) is 1.17. The summed E-state index contributed by atoms with van der Waals surface area (Å²) in [6.07, 6.45) is 6.63. The van der Waals surface area contributed by atoms with Gasteiger partial charge in [0.1, 0.15) is 0 Å². The van der Waals surface area contributed by atoms with E-state index in [1.54, 1.807) is 0 Å². The van der Waals surface area contributed by atoms with Crippen LogP contribution in [0.1, 0.15) is 72.1 Å². The number of aromatic nitrogens is 2. The molecule has 0 spiro atoms. The van der Waals surface area contributed by atoms with Crippen LogP contribution in [0.15, 0.2) is 285 Å². The lowest BCUT2D eigenvalue weighted by Gasteiger charge is -2.46. The van der Waals surface area contributed by atoms with Crippen molar-refractivity contribution in [3.63, 3.8) is 0 Å². The summed E-state index contributed by atoms with van der Waals surface area (Å²) in [5, 5.41) is 4.94. The normalized spacial score (nSPS) is 13.2. The molecule has 2 aromatic heterocycles. The molecular weight excluding hydrogens is 1100 g/mol. The maximum Gasteiger partial charge on any atom is 0.252 e. The van der Waals surface area contributed by atoms with Crippen LogP contribution in [-0.4, -0.2) is 15.8 Å². The Kier molecular flexibility index (Phi) is 13.2. The fraction of sp³-hybridized carbons (Fsp3) is 0.116. The molecule has 2 aliphatic rings. The molecule has 0 N–H and O–H groups in total. The fourth-order valence-corrected chi connectivity index (χ4v) is 14.8. The fourth-order valence-electron chi connectivity index (χ4n) is 14.8. The lowest BCUT2D eigenvalue weighted by molar-refractivity contribution is 0.590. The molecule has 16 rings (SSSR count). The summed E-state index contributed by atoms with van der Waals surface area (Å²) < 4.78 is 4.97. The Bertz CT molecular complexity index is 5110. The van der Waals surface area contributed by atoms with E-state index >= 15 is 0 Å². The SMILES string of the molecule is C/C=C\C=C(/C)c1cc(C(C)(C)C)cc(-c2ccccc2)c1N1c2cc(-n3c4ccccc4c4ccccc43)ccc2B2c3ccc(-n4c5ccccc5c5ccccc54)cc3N(c3c(-c4ccccc4)cc(C(C)(C)C)cc3-c3ccccc3)c3cccc1c32. The zero-order valence-electron chi connectivity index (χ0n) is 53.0. The monoisotopic (exact) mass is 1170 g/mol. The van der Waals surface area contributed by atoms with Crippen molar-refractivity contribution in [2.45, 2.75) is 66.2 Å². The number of para-hydroxylation sites is 4.